The summed E-state index contributed by atoms with van der Waals surface area (Å²) in [5, 5.41) is 0. The van der Waals surface area contributed by atoms with E-state index < -0.39 is 0 Å². The van der Waals surface area contributed by atoms with Gasteiger partial charge < -0.3 is 9.47 Å². The summed E-state index contributed by atoms with van der Waals surface area (Å²) in [5.41, 5.74) is 1.70. The first kappa shape index (κ1) is 17.2. The Balaban J connectivity index is 1.26. The van der Waals surface area contributed by atoms with Gasteiger partial charge in [-0.2, -0.15) is 0 Å². The van der Waals surface area contributed by atoms with Crippen LogP contribution in [0.1, 0.15) is 5.69 Å². The van der Waals surface area contributed by atoms with Gasteiger partial charge in [-0.3, -0.25) is 19.6 Å². The van der Waals surface area contributed by atoms with Gasteiger partial charge in [0.05, 0.1) is 0 Å². The van der Waals surface area contributed by atoms with Crippen LogP contribution in [0.5, 0.6) is 0 Å². The molecule has 4 rings (SSSR count). The lowest BCUT2D eigenvalue weighted by molar-refractivity contribution is 0.0245. The van der Waals surface area contributed by atoms with Gasteiger partial charge in [-0.1, -0.05) is 0 Å². The number of rotatable bonds is 4. The van der Waals surface area contributed by atoms with Crippen molar-refractivity contribution in [3.05, 3.63) is 58.5 Å². The van der Waals surface area contributed by atoms with Crippen LogP contribution >= 0.6 is 0 Å². The molecular formula is C19H24FN5O. The van der Waals surface area contributed by atoms with Crippen LogP contribution in [-0.4, -0.2) is 64.7 Å². The average Bonchev–Trinajstić information content (AvgIpc) is 2.62. The summed E-state index contributed by atoms with van der Waals surface area (Å²) in [5.74, 6) is -0.190. The highest BCUT2D eigenvalue weighted by atomic mass is 19.1. The third-order valence-electron chi connectivity index (χ3n) is 5.42. The van der Waals surface area contributed by atoms with Gasteiger partial charge in [-0.15, -0.1) is 0 Å². The van der Waals surface area contributed by atoms with Crippen LogP contribution in [0.15, 0.2) is 41.5 Å². The van der Waals surface area contributed by atoms with Crippen LogP contribution < -0.4 is 10.5 Å². The lowest BCUT2D eigenvalue weighted by Crippen LogP contribution is -2.62. The van der Waals surface area contributed by atoms with E-state index in [2.05, 4.69) is 19.7 Å². The molecule has 0 N–H and O–H groups in total. The highest BCUT2D eigenvalue weighted by Gasteiger charge is 2.33. The summed E-state index contributed by atoms with van der Waals surface area (Å²) < 4.78 is 14.6. The molecule has 0 atom stereocenters. The van der Waals surface area contributed by atoms with Crippen molar-refractivity contribution in [1.29, 1.82) is 0 Å². The number of benzene rings is 1. The van der Waals surface area contributed by atoms with E-state index in [0.717, 1.165) is 45.0 Å². The number of hydrogen-bond acceptors (Lipinski definition) is 5. The monoisotopic (exact) mass is 357 g/mol. The normalized spacial score (nSPS) is 19.5. The molecule has 1 aromatic carbocycles. The van der Waals surface area contributed by atoms with Crippen LogP contribution in [0.25, 0.3) is 0 Å². The van der Waals surface area contributed by atoms with E-state index in [1.165, 1.54) is 12.1 Å². The first-order valence-corrected chi connectivity index (χ1v) is 9.07. The molecule has 7 heteroatoms. The molecule has 26 heavy (non-hydrogen) atoms. The summed E-state index contributed by atoms with van der Waals surface area (Å²) in [6.07, 6.45) is 3.37. The van der Waals surface area contributed by atoms with Crippen LogP contribution in [-0.2, 0) is 13.6 Å². The second-order valence-electron chi connectivity index (χ2n) is 7.14. The molecule has 0 spiro atoms. The largest absolute Gasteiger partial charge is 0.369 e. The fourth-order valence-corrected chi connectivity index (χ4v) is 3.77. The second-order valence-corrected chi connectivity index (χ2v) is 7.14. The Morgan fingerprint density at radius 2 is 1.81 bits per heavy atom. The zero-order valence-electron chi connectivity index (χ0n) is 15.0. The maximum Gasteiger partial charge on any atom is 0.273 e. The second kappa shape index (κ2) is 7.17. The van der Waals surface area contributed by atoms with Gasteiger partial charge in [-0.05, 0) is 24.3 Å². The molecule has 0 unspecified atom stereocenters. The molecule has 0 bridgehead atoms. The van der Waals surface area contributed by atoms with Gasteiger partial charge >= 0.3 is 0 Å². The lowest BCUT2D eigenvalue weighted by atomic mass is 10.1. The van der Waals surface area contributed by atoms with Gasteiger partial charge in [0.1, 0.15) is 11.5 Å². The van der Waals surface area contributed by atoms with Crippen molar-refractivity contribution in [3.63, 3.8) is 0 Å². The van der Waals surface area contributed by atoms with Crippen molar-refractivity contribution >= 4 is 5.69 Å². The van der Waals surface area contributed by atoms with Crippen LogP contribution in [0, 0.1) is 5.82 Å². The van der Waals surface area contributed by atoms with Crippen LogP contribution in [0.4, 0.5) is 10.1 Å². The fraction of sp³-hybridized carbons (Fsp3) is 0.474. The lowest BCUT2D eigenvalue weighted by Gasteiger charge is -2.48. The summed E-state index contributed by atoms with van der Waals surface area (Å²) in [4.78, 5) is 23.4. The van der Waals surface area contributed by atoms with Crippen LogP contribution in [0.2, 0.25) is 0 Å². The van der Waals surface area contributed by atoms with Crippen molar-refractivity contribution < 1.29 is 4.39 Å². The standard InChI is InChI=1S/C19H24FN5O/c1-22-7-6-21-18(19(22)26)14-23-12-17(13-23)25-10-8-24(9-11-25)16-4-2-15(20)3-5-16/h2-7,17H,8-14H2,1H3. The molecule has 2 fully saturated rings. The highest BCUT2D eigenvalue weighted by Crippen LogP contribution is 2.21. The number of halogens is 1. The highest BCUT2D eigenvalue weighted by molar-refractivity contribution is 5.46. The van der Waals surface area contributed by atoms with E-state index in [1.807, 2.05) is 12.1 Å². The number of hydrogen-bond donors (Lipinski definition) is 0. The molecule has 2 saturated heterocycles. The van der Waals surface area contributed by atoms with Crippen molar-refractivity contribution in [3.8, 4) is 0 Å². The third-order valence-corrected chi connectivity index (χ3v) is 5.42. The molecule has 3 heterocycles. The summed E-state index contributed by atoms with van der Waals surface area (Å²) in [6, 6.07) is 7.30. The third kappa shape index (κ3) is 3.50. The number of aryl methyl sites for hydroxylation is 1. The van der Waals surface area contributed by atoms with Crippen LogP contribution in [0.3, 0.4) is 0 Å². The maximum absolute atomic E-state index is 13.1. The minimum absolute atomic E-state index is 0.0103. The van der Waals surface area contributed by atoms with E-state index >= 15 is 0 Å². The Hall–Kier alpha value is -2.25. The quantitative estimate of drug-likeness (QED) is 0.815. The molecule has 0 aliphatic carbocycles. The molecule has 0 radical (unpaired) electrons. The summed E-state index contributed by atoms with van der Waals surface area (Å²) >= 11 is 0. The zero-order chi connectivity index (χ0) is 18.1. The Morgan fingerprint density at radius 3 is 2.50 bits per heavy atom. The van der Waals surface area contributed by atoms with Crippen molar-refractivity contribution in [1.82, 2.24) is 19.4 Å². The van der Waals surface area contributed by atoms with E-state index in [9.17, 15) is 9.18 Å². The molecule has 138 valence electrons. The van der Waals surface area contributed by atoms with Gasteiger partial charge in [0.25, 0.3) is 5.56 Å². The number of anilines is 1. The van der Waals surface area contributed by atoms with Crippen molar-refractivity contribution in [2.24, 2.45) is 7.05 Å². The maximum atomic E-state index is 13.1. The van der Waals surface area contributed by atoms with E-state index in [-0.39, 0.29) is 11.4 Å². The molecule has 2 aliphatic rings. The topological polar surface area (TPSA) is 44.6 Å². The van der Waals surface area contributed by atoms with Crippen molar-refractivity contribution in [2.75, 3.05) is 44.2 Å². The molecular weight excluding hydrogens is 333 g/mol. The molecule has 6 nitrogen and oxygen atoms in total. The number of likely N-dealkylation sites (tertiary alicyclic amines) is 1. The zero-order valence-corrected chi connectivity index (χ0v) is 15.0. The summed E-state index contributed by atoms with van der Waals surface area (Å²) in [7, 11) is 1.76. The Kier molecular flexibility index (Phi) is 4.74. The van der Waals surface area contributed by atoms with Gasteiger partial charge in [-0.25, -0.2) is 4.39 Å². The van der Waals surface area contributed by atoms with Gasteiger partial charge in [0, 0.05) is 77.0 Å². The SMILES string of the molecule is Cn1ccnc(CN2CC(N3CCN(c4ccc(F)cc4)CC3)C2)c1=O. The Labute approximate surface area is 152 Å². The minimum atomic E-state index is -0.190. The molecule has 2 aromatic rings. The number of nitrogens with zero attached hydrogens (tertiary/aromatic N) is 5. The predicted molar refractivity (Wildman–Crippen MR) is 98.7 cm³/mol. The predicted octanol–water partition coefficient (Wildman–Crippen LogP) is 0.926. The number of piperazine rings is 1. The van der Waals surface area contributed by atoms with Gasteiger partial charge in [0.2, 0.25) is 0 Å². The van der Waals surface area contributed by atoms with Gasteiger partial charge in [0.15, 0.2) is 0 Å². The van der Waals surface area contributed by atoms with E-state index in [1.54, 1.807) is 24.0 Å². The van der Waals surface area contributed by atoms with E-state index in [4.69, 9.17) is 0 Å². The Morgan fingerprint density at radius 1 is 1.12 bits per heavy atom. The van der Waals surface area contributed by atoms with E-state index in [0.29, 0.717) is 18.3 Å². The molecule has 0 saturated carbocycles. The minimum Gasteiger partial charge on any atom is -0.369 e. The Bertz CT molecular complexity index is 807. The average molecular weight is 357 g/mol. The molecule has 0 amide bonds. The number of aromatic nitrogens is 2. The molecule has 1 aromatic heterocycles. The molecule has 2 aliphatic heterocycles. The summed E-state index contributed by atoms with van der Waals surface area (Å²) in [6.45, 7) is 6.54. The smallest absolute Gasteiger partial charge is 0.273 e. The fourth-order valence-electron chi connectivity index (χ4n) is 3.77. The first-order chi connectivity index (χ1) is 12.6. The first-order valence-electron chi connectivity index (χ1n) is 9.07. The van der Waals surface area contributed by atoms with Crippen molar-refractivity contribution in [2.45, 2.75) is 12.6 Å².